The minimum absolute atomic E-state index is 0.129. The van der Waals surface area contributed by atoms with Crippen LogP contribution in [0.5, 0.6) is 0 Å². The maximum atomic E-state index is 11.8. The average molecular weight is 414 g/mol. The molecule has 148 valence electrons. The number of nitrogens with one attached hydrogen (secondary N) is 1. The van der Waals surface area contributed by atoms with Crippen molar-refractivity contribution in [2.24, 2.45) is 0 Å². The molecular formula is C22H27N3OS2. The zero-order chi connectivity index (χ0) is 19.5. The fourth-order valence-corrected chi connectivity index (χ4v) is 6.00. The van der Waals surface area contributed by atoms with Gasteiger partial charge in [0.05, 0.1) is 17.4 Å². The third-order valence-electron chi connectivity index (χ3n) is 5.67. The molecule has 1 fully saturated rings. The minimum Gasteiger partial charge on any atom is -0.369 e. The first kappa shape index (κ1) is 19.7. The van der Waals surface area contributed by atoms with Crippen molar-refractivity contribution in [1.82, 2.24) is 4.90 Å². The van der Waals surface area contributed by atoms with Gasteiger partial charge in [-0.15, -0.1) is 23.1 Å². The number of fused-ring (bicyclic) bond motifs is 1. The Morgan fingerprint density at radius 2 is 2.14 bits per heavy atom. The SMILES string of the molecule is CC(=O)[C@@H]1CCCN1CCN1CCSc2cc(CC(=N)c3cccs3)ccc21. The first-order chi connectivity index (χ1) is 13.6. The van der Waals surface area contributed by atoms with E-state index in [0.29, 0.717) is 17.9 Å². The minimum atomic E-state index is 0.129. The molecule has 6 heteroatoms. The van der Waals surface area contributed by atoms with Crippen LogP contribution in [0.3, 0.4) is 0 Å². The van der Waals surface area contributed by atoms with E-state index in [2.05, 4.69) is 28.0 Å². The van der Waals surface area contributed by atoms with Crippen molar-refractivity contribution in [3.8, 4) is 0 Å². The predicted octanol–water partition coefficient (Wildman–Crippen LogP) is 4.32. The standard InChI is InChI=1S/C22H27N3OS2/c1-16(26)19-4-2-8-24(19)9-10-25-11-13-28-22-15-17(6-7-20(22)25)14-18(23)21-5-3-12-27-21/h3,5-7,12,15,19,23H,2,4,8-11,13-14H2,1H3/t19-/m0/s1. The Hall–Kier alpha value is -1.63. The Kier molecular flexibility index (Phi) is 6.19. The van der Waals surface area contributed by atoms with E-state index in [1.165, 1.54) is 16.1 Å². The molecule has 0 amide bonds. The van der Waals surface area contributed by atoms with Crippen LogP contribution in [0.1, 0.15) is 30.2 Å². The Morgan fingerprint density at radius 1 is 1.25 bits per heavy atom. The highest BCUT2D eigenvalue weighted by Crippen LogP contribution is 2.35. The Morgan fingerprint density at radius 3 is 2.93 bits per heavy atom. The van der Waals surface area contributed by atoms with Crippen LogP contribution >= 0.6 is 23.1 Å². The van der Waals surface area contributed by atoms with Crippen LogP contribution in [0.2, 0.25) is 0 Å². The van der Waals surface area contributed by atoms with Crippen LogP contribution in [-0.4, -0.2) is 54.4 Å². The maximum absolute atomic E-state index is 11.8. The van der Waals surface area contributed by atoms with Gasteiger partial charge in [0.1, 0.15) is 5.78 Å². The lowest BCUT2D eigenvalue weighted by Crippen LogP contribution is -2.42. The van der Waals surface area contributed by atoms with Crippen molar-refractivity contribution in [2.75, 3.05) is 36.8 Å². The van der Waals surface area contributed by atoms with Gasteiger partial charge in [-0.25, -0.2) is 0 Å². The summed E-state index contributed by atoms with van der Waals surface area (Å²) in [6, 6.07) is 10.8. The van der Waals surface area contributed by atoms with Gasteiger partial charge in [-0.05, 0) is 55.5 Å². The summed E-state index contributed by atoms with van der Waals surface area (Å²) in [5, 5.41) is 10.4. The average Bonchev–Trinajstić information content (AvgIpc) is 3.38. The number of likely N-dealkylation sites (tertiary alicyclic amines) is 1. The molecule has 1 aromatic heterocycles. The van der Waals surface area contributed by atoms with Gasteiger partial charge in [0.15, 0.2) is 0 Å². The molecule has 0 aliphatic carbocycles. The summed E-state index contributed by atoms with van der Waals surface area (Å²) < 4.78 is 0. The van der Waals surface area contributed by atoms with E-state index < -0.39 is 0 Å². The molecule has 0 spiro atoms. The first-order valence-corrected chi connectivity index (χ1v) is 11.8. The number of rotatable bonds is 7. The van der Waals surface area contributed by atoms with E-state index in [1.54, 1.807) is 18.3 Å². The molecule has 1 atom stereocenters. The lowest BCUT2D eigenvalue weighted by atomic mass is 10.1. The quantitative estimate of drug-likeness (QED) is 0.687. The molecule has 0 saturated carbocycles. The Bertz CT molecular complexity index is 849. The second kappa shape index (κ2) is 8.80. The number of thioether (sulfide) groups is 1. The summed E-state index contributed by atoms with van der Waals surface area (Å²) in [6.07, 6.45) is 2.83. The monoisotopic (exact) mass is 413 g/mol. The molecule has 2 aliphatic rings. The smallest absolute Gasteiger partial charge is 0.146 e. The van der Waals surface area contributed by atoms with E-state index in [-0.39, 0.29) is 6.04 Å². The van der Waals surface area contributed by atoms with Crippen LogP contribution in [-0.2, 0) is 11.2 Å². The Labute approximate surface area is 175 Å². The lowest BCUT2D eigenvalue weighted by molar-refractivity contribution is -0.121. The van der Waals surface area contributed by atoms with Crippen LogP contribution in [0.25, 0.3) is 0 Å². The van der Waals surface area contributed by atoms with Crippen LogP contribution in [0, 0.1) is 5.41 Å². The number of Topliss-reactive ketones (excluding diaryl/α,β-unsaturated/α-hetero) is 1. The highest BCUT2D eigenvalue weighted by Gasteiger charge is 2.28. The van der Waals surface area contributed by atoms with Gasteiger partial charge in [0.25, 0.3) is 0 Å². The third-order valence-corrected chi connectivity index (χ3v) is 7.63. The zero-order valence-corrected chi connectivity index (χ0v) is 18.0. The number of hydrogen-bond donors (Lipinski definition) is 1. The normalized spacial score (nSPS) is 19.6. The van der Waals surface area contributed by atoms with E-state index in [4.69, 9.17) is 5.41 Å². The van der Waals surface area contributed by atoms with Crippen molar-refractivity contribution >= 4 is 40.3 Å². The molecule has 4 nitrogen and oxygen atoms in total. The van der Waals surface area contributed by atoms with E-state index in [0.717, 1.165) is 49.7 Å². The fourth-order valence-electron chi connectivity index (χ4n) is 4.21. The number of carbonyl (C=O) groups excluding carboxylic acids is 1. The molecule has 0 bridgehead atoms. The summed E-state index contributed by atoms with van der Waals surface area (Å²) in [5.74, 6) is 1.40. The maximum Gasteiger partial charge on any atom is 0.146 e. The summed E-state index contributed by atoms with van der Waals surface area (Å²) in [6.45, 7) is 5.76. The number of nitrogens with zero attached hydrogens (tertiary/aromatic N) is 2. The molecular weight excluding hydrogens is 386 g/mol. The second-order valence-electron chi connectivity index (χ2n) is 7.57. The van der Waals surface area contributed by atoms with E-state index >= 15 is 0 Å². The zero-order valence-electron chi connectivity index (χ0n) is 16.3. The highest BCUT2D eigenvalue weighted by atomic mass is 32.2. The van der Waals surface area contributed by atoms with Gasteiger partial charge < -0.3 is 10.3 Å². The summed E-state index contributed by atoms with van der Waals surface area (Å²) in [5.41, 5.74) is 3.21. The molecule has 0 radical (unpaired) electrons. The molecule has 28 heavy (non-hydrogen) atoms. The second-order valence-corrected chi connectivity index (χ2v) is 9.66. The number of hydrogen-bond acceptors (Lipinski definition) is 6. The van der Waals surface area contributed by atoms with Gasteiger partial charge >= 0.3 is 0 Å². The number of thiophene rings is 1. The van der Waals surface area contributed by atoms with Crippen molar-refractivity contribution < 1.29 is 4.79 Å². The predicted molar refractivity (Wildman–Crippen MR) is 120 cm³/mol. The summed E-state index contributed by atoms with van der Waals surface area (Å²) in [7, 11) is 0. The van der Waals surface area contributed by atoms with E-state index in [1.807, 2.05) is 29.3 Å². The molecule has 4 rings (SSSR count). The molecule has 3 heterocycles. The molecule has 0 unspecified atom stereocenters. The summed E-state index contributed by atoms with van der Waals surface area (Å²) >= 11 is 3.55. The van der Waals surface area contributed by atoms with Gasteiger partial charge in [-0.1, -0.05) is 12.1 Å². The topological polar surface area (TPSA) is 47.4 Å². The van der Waals surface area contributed by atoms with Crippen molar-refractivity contribution in [3.63, 3.8) is 0 Å². The highest BCUT2D eigenvalue weighted by molar-refractivity contribution is 7.99. The van der Waals surface area contributed by atoms with Crippen LogP contribution in [0.15, 0.2) is 40.6 Å². The van der Waals surface area contributed by atoms with Crippen molar-refractivity contribution in [3.05, 3.63) is 46.2 Å². The van der Waals surface area contributed by atoms with Crippen molar-refractivity contribution in [1.29, 1.82) is 5.41 Å². The molecule has 1 N–H and O–H groups in total. The van der Waals surface area contributed by atoms with Crippen LogP contribution in [0.4, 0.5) is 5.69 Å². The van der Waals surface area contributed by atoms with E-state index in [9.17, 15) is 4.79 Å². The molecule has 1 saturated heterocycles. The van der Waals surface area contributed by atoms with Gasteiger partial charge in [-0.2, -0.15) is 0 Å². The fraction of sp³-hybridized carbons (Fsp3) is 0.455. The van der Waals surface area contributed by atoms with Gasteiger partial charge in [-0.3, -0.25) is 9.69 Å². The molecule has 2 aliphatic heterocycles. The largest absolute Gasteiger partial charge is 0.369 e. The lowest BCUT2D eigenvalue weighted by Gasteiger charge is -2.33. The Balaban J connectivity index is 1.41. The third kappa shape index (κ3) is 4.34. The molecule has 2 aromatic rings. The van der Waals surface area contributed by atoms with Gasteiger partial charge in [0, 0.05) is 41.6 Å². The first-order valence-electron chi connectivity index (χ1n) is 9.98. The number of anilines is 1. The number of carbonyl (C=O) groups is 1. The van der Waals surface area contributed by atoms with Crippen molar-refractivity contribution in [2.45, 2.75) is 37.1 Å². The number of ketones is 1. The summed E-state index contributed by atoms with van der Waals surface area (Å²) in [4.78, 5) is 19.1. The van der Waals surface area contributed by atoms with Crippen LogP contribution < -0.4 is 4.90 Å². The number of benzene rings is 1. The molecule has 1 aromatic carbocycles. The van der Waals surface area contributed by atoms with Gasteiger partial charge in [0.2, 0.25) is 0 Å².